The highest BCUT2D eigenvalue weighted by molar-refractivity contribution is 5.81. The SMILES string of the molecule is Cc1c(F)c(F)c(F)c(OC(=O)OCC2(C)C(C)(C)CC(=O)CC2(C)C)c1F. The fourth-order valence-electron chi connectivity index (χ4n) is 3.87. The number of ketones is 1. The highest BCUT2D eigenvalue weighted by Crippen LogP contribution is 2.58. The molecule has 0 heterocycles. The Morgan fingerprint density at radius 2 is 1.39 bits per heavy atom. The molecule has 1 aromatic rings. The van der Waals surface area contributed by atoms with Gasteiger partial charge in [-0.25, -0.2) is 18.0 Å². The van der Waals surface area contributed by atoms with Gasteiger partial charge in [0.25, 0.3) is 0 Å². The van der Waals surface area contributed by atoms with Gasteiger partial charge in [0, 0.05) is 23.8 Å². The molecule has 1 aliphatic carbocycles. The van der Waals surface area contributed by atoms with Crippen LogP contribution in [-0.4, -0.2) is 18.5 Å². The van der Waals surface area contributed by atoms with Gasteiger partial charge < -0.3 is 9.47 Å². The van der Waals surface area contributed by atoms with Crippen molar-refractivity contribution in [2.75, 3.05) is 6.61 Å². The zero-order chi connectivity index (χ0) is 21.7. The summed E-state index contributed by atoms with van der Waals surface area (Å²) in [5.41, 5.74) is -2.53. The Kier molecular flexibility index (Phi) is 5.58. The van der Waals surface area contributed by atoms with E-state index in [1.54, 1.807) is 0 Å². The van der Waals surface area contributed by atoms with Crippen molar-refractivity contribution < 1.29 is 36.6 Å². The average molecular weight is 404 g/mol. The number of ether oxygens (including phenoxy) is 2. The van der Waals surface area contributed by atoms with Crippen molar-refractivity contribution >= 4 is 11.9 Å². The van der Waals surface area contributed by atoms with E-state index in [2.05, 4.69) is 4.74 Å². The van der Waals surface area contributed by atoms with E-state index in [4.69, 9.17) is 4.74 Å². The Morgan fingerprint density at radius 1 is 0.893 bits per heavy atom. The largest absolute Gasteiger partial charge is 0.514 e. The molecule has 2 rings (SSSR count). The van der Waals surface area contributed by atoms with Crippen LogP contribution in [0.2, 0.25) is 0 Å². The molecule has 4 nitrogen and oxygen atoms in total. The molecule has 1 fully saturated rings. The number of carbonyl (C=O) groups excluding carboxylic acids is 2. The number of benzene rings is 1. The summed E-state index contributed by atoms with van der Waals surface area (Å²) in [4.78, 5) is 24.1. The first kappa shape index (κ1) is 22.2. The van der Waals surface area contributed by atoms with E-state index < -0.39 is 57.0 Å². The van der Waals surface area contributed by atoms with E-state index in [9.17, 15) is 27.2 Å². The second-order valence-electron chi connectivity index (χ2n) is 8.84. The van der Waals surface area contributed by atoms with E-state index in [1.807, 2.05) is 34.6 Å². The minimum Gasteiger partial charge on any atom is -0.433 e. The summed E-state index contributed by atoms with van der Waals surface area (Å²) >= 11 is 0. The Morgan fingerprint density at radius 3 is 1.89 bits per heavy atom. The lowest BCUT2D eigenvalue weighted by atomic mass is 9.48. The normalized spacial score (nSPS) is 20.0. The highest BCUT2D eigenvalue weighted by atomic mass is 19.2. The number of carbonyl (C=O) groups is 2. The second-order valence-corrected chi connectivity index (χ2v) is 8.84. The third-order valence-electron chi connectivity index (χ3n) is 6.37. The van der Waals surface area contributed by atoms with Gasteiger partial charge in [-0.3, -0.25) is 4.79 Å². The summed E-state index contributed by atoms with van der Waals surface area (Å²) in [6.45, 7) is 10.0. The van der Waals surface area contributed by atoms with E-state index in [1.165, 1.54) is 0 Å². The molecule has 8 heteroatoms. The lowest BCUT2D eigenvalue weighted by Gasteiger charge is -2.56. The zero-order valence-corrected chi connectivity index (χ0v) is 16.8. The molecule has 0 spiro atoms. The number of halogens is 4. The summed E-state index contributed by atoms with van der Waals surface area (Å²) in [6.07, 6.45) is -0.874. The molecule has 0 bridgehead atoms. The van der Waals surface area contributed by atoms with Gasteiger partial charge in [0.2, 0.25) is 11.6 Å². The van der Waals surface area contributed by atoms with Crippen molar-refractivity contribution in [1.29, 1.82) is 0 Å². The minimum atomic E-state index is -1.95. The van der Waals surface area contributed by atoms with Crippen molar-refractivity contribution in [2.24, 2.45) is 16.2 Å². The lowest BCUT2D eigenvalue weighted by Crippen LogP contribution is -2.55. The Bertz CT molecular complexity index is 781. The second kappa shape index (κ2) is 7.04. The summed E-state index contributed by atoms with van der Waals surface area (Å²) < 4.78 is 64.2. The first-order valence-electron chi connectivity index (χ1n) is 8.83. The summed E-state index contributed by atoms with van der Waals surface area (Å²) in [7, 11) is 0. The topological polar surface area (TPSA) is 52.6 Å². The van der Waals surface area contributed by atoms with E-state index in [0.717, 1.165) is 6.92 Å². The molecule has 28 heavy (non-hydrogen) atoms. The number of hydrogen-bond acceptors (Lipinski definition) is 4. The van der Waals surface area contributed by atoms with Gasteiger partial charge in [-0.2, -0.15) is 4.39 Å². The van der Waals surface area contributed by atoms with Crippen LogP contribution in [0.4, 0.5) is 22.4 Å². The van der Waals surface area contributed by atoms with E-state index in [-0.39, 0.29) is 25.2 Å². The van der Waals surface area contributed by atoms with Gasteiger partial charge in [0.15, 0.2) is 17.5 Å². The van der Waals surface area contributed by atoms with Gasteiger partial charge in [-0.1, -0.05) is 34.6 Å². The molecule has 0 N–H and O–H groups in total. The Labute approximate surface area is 161 Å². The van der Waals surface area contributed by atoms with E-state index in [0.29, 0.717) is 0 Å². The summed E-state index contributed by atoms with van der Waals surface area (Å²) in [5, 5.41) is 0. The van der Waals surface area contributed by atoms with Crippen LogP contribution in [-0.2, 0) is 9.53 Å². The molecule has 1 saturated carbocycles. The molecule has 0 unspecified atom stereocenters. The molecule has 1 aliphatic rings. The van der Waals surface area contributed by atoms with Gasteiger partial charge >= 0.3 is 6.16 Å². The predicted octanol–water partition coefficient (Wildman–Crippen LogP) is 5.49. The highest BCUT2D eigenvalue weighted by Gasteiger charge is 2.56. The summed E-state index contributed by atoms with van der Waals surface area (Å²) in [6, 6.07) is 0. The quantitative estimate of drug-likeness (QED) is 0.220. The van der Waals surface area contributed by atoms with Crippen LogP contribution in [0.1, 0.15) is 53.0 Å². The van der Waals surface area contributed by atoms with Crippen molar-refractivity contribution in [1.82, 2.24) is 0 Å². The van der Waals surface area contributed by atoms with Gasteiger partial charge in [0.05, 0.1) is 0 Å². The monoisotopic (exact) mass is 404 g/mol. The van der Waals surface area contributed by atoms with Crippen molar-refractivity contribution in [3.8, 4) is 5.75 Å². The lowest BCUT2D eigenvalue weighted by molar-refractivity contribution is -0.151. The Hall–Kier alpha value is -2.12. The molecule has 0 amide bonds. The molecule has 0 atom stereocenters. The fourth-order valence-corrected chi connectivity index (χ4v) is 3.87. The van der Waals surface area contributed by atoms with Crippen LogP contribution in [0.5, 0.6) is 5.75 Å². The maximum atomic E-state index is 14.0. The molecule has 156 valence electrons. The fraction of sp³-hybridized carbons (Fsp3) is 0.600. The van der Waals surface area contributed by atoms with Crippen molar-refractivity contribution in [2.45, 2.75) is 54.4 Å². The summed E-state index contributed by atoms with van der Waals surface area (Å²) in [5.74, 6) is -8.38. The third-order valence-corrected chi connectivity index (χ3v) is 6.37. The standard InChI is InChI=1S/C20H24F4O4/c1-10-12(21)14(23)15(24)16(13(10)22)28-17(26)27-9-20(6)18(2,3)7-11(25)8-19(20,4)5/h7-9H2,1-6H3. The van der Waals surface area contributed by atoms with Gasteiger partial charge in [-0.05, 0) is 17.8 Å². The molecule has 0 aromatic heterocycles. The Balaban J connectivity index is 2.22. The number of Topliss-reactive ketones (excluding diaryl/α,β-unsaturated/α-hetero) is 1. The van der Waals surface area contributed by atoms with E-state index >= 15 is 0 Å². The van der Waals surface area contributed by atoms with Gasteiger partial charge in [-0.15, -0.1) is 0 Å². The molecule has 0 radical (unpaired) electrons. The van der Waals surface area contributed by atoms with Gasteiger partial charge in [0.1, 0.15) is 12.4 Å². The molecule has 0 aliphatic heterocycles. The van der Waals surface area contributed by atoms with Crippen molar-refractivity contribution in [3.63, 3.8) is 0 Å². The molecule has 1 aromatic carbocycles. The van der Waals surface area contributed by atoms with Crippen LogP contribution in [0.15, 0.2) is 0 Å². The minimum absolute atomic E-state index is 0.0939. The van der Waals surface area contributed by atoms with Crippen molar-refractivity contribution in [3.05, 3.63) is 28.8 Å². The molecular formula is C20H24F4O4. The van der Waals surface area contributed by atoms with Crippen LogP contribution in [0.3, 0.4) is 0 Å². The molecule has 0 saturated heterocycles. The first-order chi connectivity index (χ1) is 12.6. The van der Waals surface area contributed by atoms with Crippen LogP contribution < -0.4 is 4.74 Å². The van der Waals surface area contributed by atoms with Crippen LogP contribution >= 0.6 is 0 Å². The average Bonchev–Trinajstić information content (AvgIpc) is 2.57. The first-order valence-corrected chi connectivity index (χ1v) is 8.83. The zero-order valence-electron chi connectivity index (χ0n) is 16.8. The molecular weight excluding hydrogens is 380 g/mol. The van der Waals surface area contributed by atoms with Crippen LogP contribution in [0.25, 0.3) is 0 Å². The predicted molar refractivity (Wildman–Crippen MR) is 92.9 cm³/mol. The smallest absolute Gasteiger partial charge is 0.433 e. The maximum absolute atomic E-state index is 14.0. The third kappa shape index (κ3) is 3.49. The number of rotatable bonds is 3. The number of hydrogen-bond donors (Lipinski definition) is 0. The maximum Gasteiger partial charge on any atom is 0.514 e. The van der Waals surface area contributed by atoms with Crippen LogP contribution in [0, 0.1) is 46.4 Å².